The van der Waals surface area contributed by atoms with E-state index >= 15 is 0 Å². The molecule has 0 spiro atoms. The van der Waals surface area contributed by atoms with E-state index in [0.717, 1.165) is 12.1 Å². The number of aliphatic carboxylic acids is 1. The molecule has 4 nitrogen and oxygen atoms in total. The second kappa shape index (κ2) is 7.19. The maximum Gasteiger partial charge on any atom is 0.416 e. The Kier molecular flexibility index (Phi) is 5.46. The minimum absolute atomic E-state index is 0.212. The Bertz CT molecular complexity index is 622. The molecule has 1 aromatic carbocycles. The zero-order valence-electron chi connectivity index (χ0n) is 12.7. The molecule has 0 atom stereocenters. The van der Waals surface area contributed by atoms with Crippen molar-refractivity contribution in [3.8, 4) is 0 Å². The van der Waals surface area contributed by atoms with Gasteiger partial charge in [-0.25, -0.2) is 4.39 Å². The highest BCUT2D eigenvalue weighted by atomic mass is 19.4. The Morgan fingerprint density at radius 3 is 2.25 bits per heavy atom. The third-order valence-corrected chi connectivity index (χ3v) is 4.28. The van der Waals surface area contributed by atoms with Gasteiger partial charge in [-0.15, -0.1) is 0 Å². The number of hydrogen-bond acceptors (Lipinski definition) is 2. The molecule has 2 rings (SSSR count). The lowest BCUT2D eigenvalue weighted by Crippen LogP contribution is -2.34. The topological polar surface area (TPSA) is 66.4 Å². The highest BCUT2D eigenvalue weighted by Gasteiger charge is 2.34. The van der Waals surface area contributed by atoms with Crippen LogP contribution in [0, 0.1) is 17.7 Å². The summed E-state index contributed by atoms with van der Waals surface area (Å²) in [7, 11) is 0. The molecule has 132 valence electrons. The predicted octanol–water partition coefficient (Wildman–Crippen LogP) is 3.35. The van der Waals surface area contributed by atoms with Crippen LogP contribution in [0.15, 0.2) is 18.2 Å². The summed E-state index contributed by atoms with van der Waals surface area (Å²) < 4.78 is 51.7. The van der Waals surface area contributed by atoms with Crippen molar-refractivity contribution in [1.82, 2.24) is 5.32 Å². The van der Waals surface area contributed by atoms with Crippen LogP contribution in [0.4, 0.5) is 17.6 Å². The number of alkyl halides is 3. The summed E-state index contributed by atoms with van der Waals surface area (Å²) in [6.45, 7) is -0.354. The fraction of sp³-hybridized carbons (Fsp3) is 0.500. The summed E-state index contributed by atoms with van der Waals surface area (Å²) in [4.78, 5) is 22.9. The summed E-state index contributed by atoms with van der Waals surface area (Å²) in [5, 5.41) is 11.3. The van der Waals surface area contributed by atoms with E-state index < -0.39 is 41.3 Å². The molecule has 8 heteroatoms. The number of nitrogens with one attached hydrogen (secondary N) is 1. The monoisotopic (exact) mass is 347 g/mol. The third kappa shape index (κ3) is 4.46. The van der Waals surface area contributed by atoms with Gasteiger partial charge in [0.1, 0.15) is 5.82 Å². The molecule has 1 aromatic rings. The maximum absolute atomic E-state index is 13.0. The number of benzene rings is 1. The number of carbonyl (C=O) groups excluding carboxylic acids is 1. The van der Waals surface area contributed by atoms with Crippen LogP contribution < -0.4 is 5.32 Å². The standard InChI is InChI=1S/C16H17F4NO3/c17-12-6-5-11(13(7-12)16(18,19)20)8-21-14(22)9-1-3-10(4-2-9)15(23)24/h5-7,9-10H,1-4,8H2,(H,21,22)(H,23,24). The summed E-state index contributed by atoms with van der Waals surface area (Å²) in [6.07, 6.45) is -3.19. The molecule has 1 aliphatic carbocycles. The third-order valence-electron chi connectivity index (χ3n) is 4.28. The second-order valence-corrected chi connectivity index (χ2v) is 5.90. The van der Waals surface area contributed by atoms with Crippen molar-refractivity contribution in [2.24, 2.45) is 11.8 Å². The van der Waals surface area contributed by atoms with Crippen molar-refractivity contribution < 1.29 is 32.3 Å². The molecule has 0 radical (unpaired) electrons. The van der Waals surface area contributed by atoms with Gasteiger partial charge in [0.25, 0.3) is 0 Å². The molecular weight excluding hydrogens is 330 g/mol. The maximum atomic E-state index is 13.0. The zero-order valence-corrected chi connectivity index (χ0v) is 12.7. The largest absolute Gasteiger partial charge is 0.481 e. The van der Waals surface area contributed by atoms with Crippen molar-refractivity contribution in [1.29, 1.82) is 0 Å². The number of carbonyl (C=O) groups is 2. The van der Waals surface area contributed by atoms with Crippen molar-refractivity contribution in [3.05, 3.63) is 35.1 Å². The molecule has 0 bridgehead atoms. The van der Waals surface area contributed by atoms with Crippen LogP contribution in [0.25, 0.3) is 0 Å². The van der Waals surface area contributed by atoms with E-state index in [1.807, 2.05) is 0 Å². The van der Waals surface area contributed by atoms with Crippen LogP contribution in [0.5, 0.6) is 0 Å². The van der Waals surface area contributed by atoms with E-state index in [0.29, 0.717) is 31.7 Å². The molecule has 0 unspecified atom stereocenters. The van der Waals surface area contributed by atoms with Gasteiger partial charge in [0, 0.05) is 12.5 Å². The molecular formula is C16H17F4NO3. The van der Waals surface area contributed by atoms with Gasteiger partial charge in [-0.3, -0.25) is 9.59 Å². The lowest BCUT2D eigenvalue weighted by atomic mass is 9.81. The summed E-state index contributed by atoms with van der Waals surface area (Å²) in [5.74, 6) is -3.17. The number of carboxylic acid groups (broad SMARTS) is 1. The molecule has 0 heterocycles. The van der Waals surface area contributed by atoms with Crippen LogP contribution in [0.1, 0.15) is 36.8 Å². The van der Waals surface area contributed by atoms with Gasteiger partial charge in [-0.05, 0) is 43.4 Å². The van der Waals surface area contributed by atoms with Crippen molar-refractivity contribution >= 4 is 11.9 Å². The quantitative estimate of drug-likeness (QED) is 0.821. The fourth-order valence-electron chi connectivity index (χ4n) is 2.90. The van der Waals surface area contributed by atoms with E-state index in [9.17, 15) is 27.2 Å². The number of halogens is 4. The summed E-state index contributed by atoms with van der Waals surface area (Å²) in [5.41, 5.74) is -1.33. The van der Waals surface area contributed by atoms with E-state index in [4.69, 9.17) is 5.11 Å². The fourth-order valence-corrected chi connectivity index (χ4v) is 2.90. The first-order valence-electron chi connectivity index (χ1n) is 7.54. The van der Waals surface area contributed by atoms with Crippen molar-refractivity contribution in [2.75, 3.05) is 0 Å². The minimum atomic E-state index is -4.71. The van der Waals surface area contributed by atoms with Gasteiger partial charge in [-0.1, -0.05) is 6.07 Å². The second-order valence-electron chi connectivity index (χ2n) is 5.90. The molecule has 0 aliphatic heterocycles. The van der Waals surface area contributed by atoms with Crippen LogP contribution in [-0.2, 0) is 22.3 Å². The minimum Gasteiger partial charge on any atom is -0.481 e. The number of amides is 1. The molecule has 1 fully saturated rings. The van der Waals surface area contributed by atoms with E-state index in [1.165, 1.54) is 0 Å². The first kappa shape index (κ1) is 18.2. The SMILES string of the molecule is O=C(O)C1CCC(C(=O)NCc2ccc(F)cc2C(F)(F)F)CC1. The molecule has 1 amide bonds. The Hall–Kier alpha value is -2.12. The number of carboxylic acids is 1. The first-order chi connectivity index (χ1) is 11.2. The Morgan fingerprint density at radius 2 is 1.71 bits per heavy atom. The summed E-state index contributed by atoms with van der Waals surface area (Å²) in [6, 6.07) is 2.31. The van der Waals surface area contributed by atoms with Crippen molar-refractivity contribution in [3.63, 3.8) is 0 Å². The molecule has 0 saturated heterocycles. The Labute approximate surface area is 135 Å². The van der Waals surface area contributed by atoms with Gasteiger partial charge in [0.15, 0.2) is 0 Å². The van der Waals surface area contributed by atoms with Gasteiger partial charge in [0.05, 0.1) is 11.5 Å². The van der Waals surface area contributed by atoms with Gasteiger partial charge < -0.3 is 10.4 Å². The Balaban J connectivity index is 1.97. The zero-order chi connectivity index (χ0) is 17.9. The highest BCUT2D eigenvalue weighted by molar-refractivity contribution is 5.79. The average Bonchev–Trinajstić information content (AvgIpc) is 2.52. The van der Waals surface area contributed by atoms with Gasteiger partial charge in [0.2, 0.25) is 5.91 Å². The molecule has 0 aromatic heterocycles. The Morgan fingerprint density at radius 1 is 1.12 bits per heavy atom. The van der Waals surface area contributed by atoms with Gasteiger partial charge in [-0.2, -0.15) is 13.2 Å². The van der Waals surface area contributed by atoms with E-state index in [2.05, 4.69) is 5.32 Å². The lowest BCUT2D eigenvalue weighted by Gasteiger charge is -2.25. The predicted molar refractivity (Wildman–Crippen MR) is 76.3 cm³/mol. The molecule has 1 aliphatic rings. The van der Waals surface area contributed by atoms with E-state index in [-0.39, 0.29) is 12.1 Å². The van der Waals surface area contributed by atoms with Crippen LogP contribution in [-0.4, -0.2) is 17.0 Å². The average molecular weight is 347 g/mol. The van der Waals surface area contributed by atoms with Crippen molar-refractivity contribution in [2.45, 2.75) is 38.4 Å². The number of hydrogen-bond donors (Lipinski definition) is 2. The smallest absolute Gasteiger partial charge is 0.416 e. The first-order valence-corrected chi connectivity index (χ1v) is 7.54. The molecule has 2 N–H and O–H groups in total. The van der Waals surface area contributed by atoms with Gasteiger partial charge >= 0.3 is 12.1 Å². The van der Waals surface area contributed by atoms with E-state index in [1.54, 1.807) is 0 Å². The highest BCUT2D eigenvalue weighted by Crippen LogP contribution is 2.33. The van der Waals surface area contributed by atoms with Crippen LogP contribution in [0.3, 0.4) is 0 Å². The molecule has 24 heavy (non-hydrogen) atoms. The lowest BCUT2D eigenvalue weighted by molar-refractivity contribution is -0.144. The normalized spacial score (nSPS) is 21.3. The molecule has 1 saturated carbocycles. The van der Waals surface area contributed by atoms with Crippen LogP contribution >= 0.6 is 0 Å². The number of rotatable bonds is 4. The summed E-state index contributed by atoms with van der Waals surface area (Å²) >= 11 is 0. The van der Waals surface area contributed by atoms with Crippen LogP contribution in [0.2, 0.25) is 0 Å².